The first-order chi connectivity index (χ1) is 6.22. The Labute approximate surface area is 83.4 Å². The molecule has 0 saturated carbocycles. The second-order valence-corrected chi connectivity index (χ2v) is 4.07. The first kappa shape index (κ1) is 8.53. The van der Waals surface area contributed by atoms with Gasteiger partial charge in [-0.25, -0.2) is 0 Å². The van der Waals surface area contributed by atoms with Crippen LogP contribution in [0.1, 0.15) is 9.67 Å². The Morgan fingerprint density at radius 1 is 1.46 bits per heavy atom. The lowest BCUT2D eigenvalue weighted by Gasteiger charge is -1.95. The van der Waals surface area contributed by atoms with Crippen LogP contribution in [0, 0.1) is 0 Å². The average Bonchev–Trinajstić information content (AvgIpc) is 2.55. The van der Waals surface area contributed by atoms with Crippen molar-refractivity contribution in [3.63, 3.8) is 0 Å². The van der Waals surface area contributed by atoms with Crippen LogP contribution in [0.15, 0.2) is 18.2 Å². The number of halogens is 1. The topological polar surface area (TPSA) is 37.3 Å². The number of aldehydes is 1. The molecule has 0 fully saturated rings. The maximum absolute atomic E-state index is 10.5. The van der Waals surface area contributed by atoms with Gasteiger partial charge < -0.3 is 5.11 Å². The van der Waals surface area contributed by atoms with E-state index in [1.165, 1.54) is 17.4 Å². The number of carbonyl (C=O) groups is 1. The van der Waals surface area contributed by atoms with E-state index in [4.69, 9.17) is 11.6 Å². The van der Waals surface area contributed by atoms with E-state index < -0.39 is 0 Å². The summed E-state index contributed by atoms with van der Waals surface area (Å²) in [6, 6.07) is 4.94. The number of thiophene rings is 1. The van der Waals surface area contributed by atoms with Gasteiger partial charge in [-0.15, -0.1) is 11.3 Å². The van der Waals surface area contributed by atoms with Crippen molar-refractivity contribution in [2.45, 2.75) is 0 Å². The van der Waals surface area contributed by atoms with Crippen LogP contribution >= 0.6 is 22.9 Å². The van der Waals surface area contributed by atoms with E-state index >= 15 is 0 Å². The van der Waals surface area contributed by atoms with E-state index in [9.17, 15) is 9.90 Å². The zero-order valence-corrected chi connectivity index (χ0v) is 8.02. The van der Waals surface area contributed by atoms with E-state index in [0.29, 0.717) is 9.90 Å². The Hall–Kier alpha value is -1.06. The largest absolute Gasteiger partial charge is 0.506 e. The molecular weight excluding hydrogens is 208 g/mol. The number of phenols is 1. The summed E-state index contributed by atoms with van der Waals surface area (Å²) >= 11 is 7.19. The van der Waals surface area contributed by atoms with Gasteiger partial charge in [0.2, 0.25) is 0 Å². The quantitative estimate of drug-likeness (QED) is 0.738. The fraction of sp³-hybridized carbons (Fsp3) is 0. The maximum Gasteiger partial charge on any atom is 0.160 e. The molecule has 0 saturated heterocycles. The van der Waals surface area contributed by atoms with Crippen LogP contribution in [0.4, 0.5) is 0 Å². The predicted octanol–water partition coefficient (Wildman–Crippen LogP) is 3.07. The molecule has 2 nitrogen and oxygen atoms in total. The third kappa shape index (κ3) is 1.30. The number of rotatable bonds is 1. The molecule has 1 aromatic heterocycles. The minimum atomic E-state index is 0.0458. The Bertz CT molecular complexity index is 476. The monoisotopic (exact) mass is 212 g/mol. The van der Waals surface area contributed by atoms with Gasteiger partial charge in [-0.3, -0.25) is 4.79 Å². The van der Waals surface area contributed by atoms with Crippen LogP contribution in [0.5, 0.6) is 5.75 Å². The zero-order valence-electron chi connectivity index (χ0n) is 6.45. The van der Waals surface area contributed by atoms with Crippen molar-refractivity contribution in [1.82, 2.24) is 0 Å². The highest BCUT2D eigenvalue weighted by molar-refractivity contribution is 7.20. The second kappa shape index (κ2) is 3.01. The molecule has 0 bridgehead atoms. The Balaban J connectivity index is 2.83. The van der Waals surface area contributed by atoms with Crippen LogP contribution < -0.4 is 0 Å². The molecule has 0 radical (unpaired) electrons. The van der Waals surface area contributed by atoms with E-state index in [0.717, 1.165) is 16.4 Å². The Morgan fingerprint density at radius 3 is 2.92 bits per heavy atom. The van der Waals surface area contributed by atoms with Gasteiger partial charge in [-0.05, 0) is 18.2 Å². The van der Waals surface area contributed by atoms with E-state index in [-0.39, 0.29) is 5.75 Å². The van der Waals surface area contributed by atoms with E-state index in [2.05, 4.69) is 0 Å². The van der Waals surface area contributed by atoms with Crippen molar-refractivity contribution in [1.29, 1.82) is 0 Å². The summed E-state index contributed by atoms with van der Waals surface area (Å²) in [6.45, 7) is 0. The third-order valence-electron chi connectivity index (χ3n) is 1.75. The molecule has 0 aliphatic rings. The summed E-state index contributed by atoms with van der Waals surface area (Å²) in [7, 11) is 0. The number of benzene rings is 1. The van der Waals surface area contributed by atoms with Crippen LogP contribution in [-0.2, 0) is 0 Å². The molecule has 66 valence electrons. The van der Waals surface area contributed by atoms with Gasteiger partial charge in [0.25, 0.3) is 0 Å². The number of fused-ring (bicyclic) bond motifs is 1. The average molecular weight is 213 g/mol. The minimum absolute atomic E-state index is 0.0458. The molecule has 0 unspecified atom stereocenters. The van der Waals surface area contributed by atoms with Crippen molar-refractivity contribution in [2.75, 3.05) is 0 Å². The lowest BCUT2D eigenvalue weighted by molar-refractivity contribution is 0.112. The molecule has 4 heteroatoms. The summed E-state index contributed by atoms with van der Waals surface area (Å²) in [4.78, 5) is 11.1. The first-order valence-corrected chi connectivity index (χ1v) is 4.78. The highest BCUT2D eigenvalue weighted by atomic mass is 35.5. The lowest BCUT2D eigenvalue weighted by atomic mass is 10.2. The molecule has 0 amide bonds. The fourth-order valence-electron chi connectivity index (χ4n) is 1.14. The van der Waals surface area contributed by atoms with Crippen molar-refractivity contribution >= 4 is 39.3 Å². The molecule has 2 aromatic rings. The Morgan fingerprint density at radius 2 is 2.23 bits per heavy atom. The maximum atomic E-state index is 10.5. The molecule has 2 rings (SSSR count). The highest BCUT2D eigenvalue weighted by Crippen LogP contribution is 2.35. The smallest absolute Gasteiger partial charge is 0.160 e. The van der Waals surface area contributed by atoms with Gasteiger partial charge in [0.1, 0.15) is 5.75 Å². The van der Waals surface area contributed by atoms with Crippen LogP contribution in [0.3, 0.4) is 0 Å². The van der Waals surface area contributed by atoms with Crippen molar-refractivity contribution in [3.05, 3.63) is 28.1 Å². The summed E-state index contributed by atoms with van der Waals surface area (Å²) in [6.07, 6.45) is 0.776. The Kier molecular flexibility index (Phi) is 1.98. The summed E-state index contributed by atoms with van der Waals surface area (Å²) < 4.78 is 0.907. The molecule has 0 aliphatic heterocycles. The minimum Gasteiger partial charge on any atom is -0.506 e. The van der Waals surface area contributed by atoms with Crippen LogP contribution in [0.2, 0.25) is 5.02 Å². The molecule has 0 aliphatic carbocycles. The van der Waals surface area contributed by atoms with Crippen LogP contribution in [-0.4, -0.2) is 11.4 Å². The molecule has 1 heterocycles. The molecule has 0 atom stereocenters. The van der Waals surface area contributed by atoms with Gasteiger partial charge in [-0.2, -0.15) is 0 Å². The van der Waals surface area contributed by atoms with Gasteiger partial charge in [0.15, 0.2) is 6.29 Å². The van der Waals surface area contributed by atoms with Gasteiger partial charge in [0.05, 0.1) is 9.90 Å². The predicted molar refractivity (Wildman–Crippen MR) is 53.9 cm³/mol. The summed E-state index contributed by atoms with van der Waals surface area (Å²) in [5, 5.41) is 10.3. The fourth-order valence-corrected chi connectivity index (χ4v) is 2.31. The van der Waals surface area contributed by atoms with Gasteiger partial charge in [-0.1, -0.05) is 11.6 Å². The number of hydrogen-bond donors (Lipinski definition) is 1. The molecule has 1 aromatic carbocycles. The van der Waals surface area contributed by atoms with Crippen LogP contribution in [0.25, 0.3) is 10.1 Å². The highest BCUT2D eigenvalue weighted by Gasteiger charge is 2.07. The molecule has 0 spiro atoms. The number of aromatic hydroxyl groups is 1. The number of carbonyl (C=O) groups excluding carboxylic acids is 1. The van der Waals surface area contributed by atoms with E-state index in [1.54, 1.807) is 12.1 Å². The number of hydrogen-bond acceptors (Lipinski definition) is 3. The van der Waals surface area contributed by atoms with Gasteiger partial charge >= 0.3 is 0 Å². The molecule has 13 heavy (non-hydrogen) atoms. The van der Waals surface area contributed by atoms with Crippen molar-refractivity contribution < 1.29 is 9.90 Å². The van der Waals surface area contributed by atoms with Crippen molar-refractivity contribution in [2.24, 2.45) is 0 Å². The zero-order chi connectivity index (χ0) is 9.42. The second-order valence-electron chi connectivity index (χ2n) is 2.58. The van der Waals surface area contributed by atoms with E-state index in [1.807, 2.05) is 0 Å². The summed E-state index contributed by atoms with van der Waals surface area (Å²) in [5.74, 6) is 0.0458. The summed E-state index contributed by atoms with van der Waals surface area (Å²) in [5.41, 5.74) is 0. The SMILES string of the molecule is O=Cc1cc2c(Cl)c(O)ccc2s1. The lowest BCUT2D eigenvalue weighted by Crippen LogP contribution is -1.68. The molecule has 1 N–H and O–H groups in total. The normalized spacial score (nSPS) is 10.5. The third-order valence-corrected chi connectivity index (χ3v) is 3.17. The number of phenolic OH excluding ortho intramolecular Hbond substituents is 1. The van der Waals surface area contributed by atoms with Crippen molar-refractivity contribution in [3.8, 4) is 5.75 Å². The standard InChI is InChI=1S/C9H5ClO2S/c10-9-6-3-5(4-11)13-8(6)2-1-7(9)12/h1-4,12H. The first-order valence-electron chi connectivity index (χ1n) is 3.58. The van der Waals surface area contributed by atoms with Gasteiger partial charge in [0, 0.05) is 10.1 Å². The molecular formula is C9H5ClO2S.